The highest BCUT2D eigenvalue weighted by Gasteiger charge is 2.39. The third-order valence-corrected chi connectivity index (χ3v) is 6.08. The van der Waals surface area contributed by atoms with E-state index in [1.54, 1.807) is 18.0 Å². The third kappa shape index (κ3) is 3.70. The van der Waals surface area contributed by atoms with Crippen LogP contribution in [0.5, 0.6) is 0 Å². The van der Waals surface area contributed by atoms with E-state index in [9.17, 15) is 4.79 Å². The predicted octanol–water partition coefficient (Wildman–Crippen LogP) is 3.18. The van der Waals surface area contributed by atoms with Gasteiger partial charge in [0.2, 0.25) is 5.91 Å². The zero-order valence-electron chi connectivity index (χ0n) is 14.9. The van der Waals surface area contributed by atoms with Crippen molar-refractivity contribution in [2.45, 2.75) is 57.4 Å². The summed E-state index contributed by atoms with van der Waals surface area (Å²) in [5, 5.41) is 0. The smallest absolute Gasteiger partial charge is 0.222 e. The van der Waals surface area contributed by atoms with E-state index >= 15 is 0 Å². The number of likely N-dealkylation sites (tertiary alicyclic amines) is 1. The molecule has 0 spiro atoms. The lowest BCUT2D eigenvalue weighted by atomic mass is 9.83. The fraction of sp³-hybridized carbons (Fsp3) is 0.650. The molecule has 1 aliphatic carbocycles. The number of carbonyl (C=O) groups excluding carboxylic acids is 1. The summed E-state index contributed by atoms with van der Waals surface area (Å²) in [5.41, 5.74) is 1.57. The Kier molecular flexibility index (Phi) is 4.99. The molecule has 1 amide bonds. The first kappa shape index (κ1) is 16.6. The SMILES string of the molecule is O=C1CC[C@H]2CN(c3cnccn3)CC[C@H]2N1CCC1=CCCCC1. The topological polar surface area (TPSA) is 49.3 Å². The van der Waals surface area contributed by atoms with E-state index in [-0.39, 0.29) is 0 Å². The molecule has 0 saturated carbocycles. The van der Waals surface area contributed by atoms with Gasteiger partial charge in [0.1, 0.15) is 5.82 Å². The second-order valence-corrected chi connectivity index (χ2v) is 7.61. The van der Waals surface area contributed by atoms with Gasteiger partial charge < -0.3 is 9.80 Å². The van der Waals surface area contributed by atoms with Crippen LogP contribution in [0.4, 0.5) is 5.82 Å². The summed E-state index contributed by atoms with van der Waals surface area (Å²) in [4.78, 5) is 25.7. The molecule has 0 unspecified atom stereocenters. The molecule has 5 nitrogen and oxygen atoms in total. The zero-order chi connectivity index (χ0) is 17.1. The molecule has 5 heteroatoms. The molecule has 2 aliphatic heterocycles. The van der Waals surface area contributed by atoms with Gasteiger partial charge in [-0.25, -0.2) is 4.98 Å². The highest BCUT2D eigenvalue weighted by atomic mass is 16.2. The van der Waals surface area contributed by atoms with E-state index in [2.05, 4.69) is 25.8 Å². The number of anilines is 1. The highest BCUT2D eigenvalue weighted by Crippen LogP contribution is 2.33. The lowest BCUT2D eigenvalue weighted by Gasteiger charge is -2.47. The van der Waals surface area contributed by atoms with E-state index in [1.165, 1.54) is 25.7 Å². The lowest BCUT2D eigenvalue weighted by Crippen LogP contribution is -2.56. The largest absolute Gasteiger partial charge is 0.355 e. The van der Waals surface area contributed by atoms with E-state index in [4.69, 9.17) is 0 Å². The van der Waals surface area contributed by atoms with Gasteiger partial charge in [-0.3, -0.25) is 9.78 Å². The fourth-order valence-corrected chi connectivity index (χ4v) is 4.70. The first-order valence-corrected chi connectivity index (χ1v) is 9.79. The first-order chi connectivity index (χ1) is 12.3. The number of nitrogens with zero attached hydrogens (tertiary/aromatic N) is 4. The number of amides is 1. The van der Waals surface area contributed by atoms with Gasteiger partial charge in [-0.1, -0.05) is 11.6 Å². The quantitative estimate of drug-likeness (QED) is 0.790. The molecule has 2 saturated heterocycles. The molecular formula is C20H28N4O. The molecule has 25 heavy (non-hydrogen) atoms. The molecule has 0 radical (unpaired) electrons. The Morgan fingerprint density at radius 3 is 2.92 bits per heavy atom. The average molecular weight is 340 g/mol. The van der Waals surface area contributed by atoms with Crippen molar-refractivity contribution in [1.29, 1.82) is 0 Å². The summed E-state index contributed by atoms with van der Waals surface area (Å²) < 4.78 is 0. The summed E-state index contributed by atoms with van der Waals surface area (Å²) in [7, 11) is 0. The molecule has 1 aromatic heterocycles. The number of aromatic nitrogens is 2. The van der Waals surface area contributed by atoms with Gasteiger partial charge in [0.25, 0.3) is 0 Å². The van der Waals surface area contributed by atoms with Crippen LogP contribution in [0.3, 0.4) is 0 Å². The van der Waals surface area contributed by atoms with Crippen molar-refractivity contribution in [2.24, 2.45) is 5.92 Å². The Labute approximate surface area is 150 Å². The van der Waals surface area contributed by atoms with Gasteiger partial charge >= 0.3 is 0 Å². The predicted molar refractivity (Wildman–Crippen MR) is 98.3 cm³/mol. The summed E-state index contributed by atoms with van der Waals surface area (Å²) in [5.74, 6) is 1.90. The lowest BCUT2D eigenvalue weighted by molar-refractivity contribution is -0.139. The summed E-state index contributed by atoms with van der Waals surface area (Å²) in [6.07, 6.45) is 16.7. The summed E-state index contributed by atoms with van der Waals surface area (Å²) in [6, 6.07) is 0.415. The van der Waals surface area contributed by atoms with Crippen LogP contribution in [0.15, 0.2) is 30.2 Å². The summed E-state index contributed by atoms with van der Waals surface area (Å²) in [6.45, 7) is 2.87. The van der Waals surface area contributed by atoms with Gasteiger partial charge in [-0.2, -0.15) is 0 Å². The standard InChI is InChI=1S/C20H28N4O/c25-20-7-6-17-15-23(19-14-21-10-11-22-19)12-9-18(17)24(20)13-8-16-4-2-1-3-5-16/h4,10-11,14,17-18H,1-3,5-9,12-13,15H2/t17-,18+/m0/s1. The molecule has 134 valence electrons. The maximum atomic E-state index is 12.5. The first-order valence-electron chi connectivity index (χ1n) is 9.79. The molecule has 3 aliphatic rings. The number of carbonyl (C=O) groups is 1. The number of piperidine rings is 2. The van der Waals surface area contributed by atoms with Gasteiger partial charge in [-0.15, -0.1) is 0 Å². The molecule has 0 N–H and O–H groups in total. The average Bonchev–Trinajstić information content (AvgIpc) is 2.68. The maximum absolute atomic E-state index is 12.5. The van der Waals surface area contributed by atoms with Crippen molar-refractivity contribution >= 4 is 11.7 Å². The molecule has 1 aromatic rings. The summed E-state index contributed by atoms with van der Waals surface area (Å²) >= 11 is 0. The number of hydrogen-bond acceptors (Lipinski definition) is 4. The van der Waals surface area contributed by atoms with Gasteiger partial charge in [0, 0.05) is 44.5 Å². The zero-order valence-corrected chi connectivity index (χ0v) is 14.9. The Hall–Kier alpha value is -1.91. The molecule has 4 rings (SSSR count). The Morgan fingerprint density at radius 1 is 1.16 bits per heavy atom. The van der Waals surface area contributed by atoms with Crippen LogP contribution in [0.2, 0.25) is 0 Å². The monoisotopic (exact) mass is 340 g/mol. The maximum Gasteiger partial charge on any atom is 0.222 e. The van der Waals surface area contributed by atoms with Crippen molar-refractivity contribution in [1.82, 2.24) is 14.9 Å². The van der Waals surface area contributed by atoms with Crippen molar-refractivity contribution in [2.75, 3.05) is 24.5 Å². The minimum Gasteiger partial charge on any atom is -0.355 e. The van der Waals surface area contributed by atoms with Crippen molar-refractivity contribution < 1.29 is 4.79 Å². The van der Waals surface area contributed by atoms with Crippen molar-refractivity contribution in [3.63, 3.8) is 0 Å². The Bertz CT molecular complexity index is 630. The van der Waals surface area contributed by atoms with Crippen LogP contribution in [0, 0.1) is 5.92 Å². The Balaban J connectivity index is 1.40. The van der Waals surface area contributed by atoms with E-state index in [0.29, 0.717) is 24.3 Å². The number of hydrogen-bond donors (Lipinski definition) is 0. The van der Waals surface area contributed by atoms with E-state index in [1.807, 2.05) is 6.20 Å². The second-order valence-electron chi connectivity index (χ2n) is 7.61. The number of allylic oxidation sites excluding steroid dienone is 1. The van der Waals surface area contributed by atoms with Crippen LogP contribution in [-0.2, 0) is 4.79 Å². The minimum absolute atomic E-state index is 0.366. The molecule has 3 heterocycles. The van der Waals surface area contributed by atoms with Gasteiger partial charge in [0.15, 0.2) is 0 Å². The molecular weight excluding hydrogens is 312 g/mol. The van der Waals surface area contributed by atoms with Gasteiger partial charge in [-0.05, 0) is 50.9 Å². The normalized spacial score (nSPS) is 27.0. The van der Waals surface area contributed by atoms with Crippen LogP contribution < -0.4 is 4.90 Å². The Morgan fingerprint density at radius 2 is 2.12 bits per heavy atom. The van der Waals surface area contributed by atoms with Crippen LogP contribution in [0.25, 0.3) is 0 Å². The highest BCUT2D eigenvalue weighted by molar-refractivity contribution is 5.77. The molecule has 2 fully saturated rings. The number of fused-ring (bicyclic) bond motifs is 1. The third-order valence-electron chi connectivity index (χ3n) is 6.08. The minimum atomic E-state index is 0.366. The van der Waals surface area contributed by atoms with Crippen LogP contribution >= 0.6 is 0 Å². The van der Waals surface area contributed by atoms with Crippen molar-refractivity contribution in [3.05, 3.63) is 30.2 Å². The number of rotatable bonds is 4. The molecule has 2 atom stereocenters. The van der Waals surface area contributed by atoms with Crippen LogP contribution in [-0.4, -0.2) is 46.5 Å². The van der Waals surface area contributed by atoms with Crippen LogP contribution in [0.1, 0.15) is 51.4 Å². The van der Waals surface area contributed by atoms with E-state index in [0.717, 1.165) is 44.7 Å². The van der Waals surface area contributed by atoms with Gasteiger partial charge in [0.05, 0.1) is 6.20 Å². The fourth-order valence-electron chi connectivity index (χ4n) is 4.70. The molecule has 0 aromatic carbocycles. The molecule has 0 bridgehead atoms. The van der Waals surface area contributed by atoms with Crippen molar-refractivity contribution in [3.8, 4) is 0 Å². The second kappa shape index (κ2) is 7.54. The van der Waals surface area contributed by atoms with E-state index < -0.39 is 0 Å².